The van der Waals surface area contributed by atoms with Crippen molar-refractivity contribution in [3.8, 4) is 0 Å². The summed E-state index contributed by atoms with van der Waals surface area (Å²) in [5, 5.41) is 9.45. The molecule has 2 N–H and O–H groups in total. The molecule has 0 saturated heterocycles. The van der Waals surface area contributed by atoms with Gasteiger partial charge in [-0.25, -0.2) is 13.1 Å². The summed E-state index contributed by atoms with van der Waals surface area (Å²) in [5.41, 5.74) is -0.974. The molecule has 0 spiro atoms. The minimum Gasteiger partial charge on any atom is -0.481 e. The number of carboxylic acid groups (broad SMARTS) is 1. The van der Waals surface area contributed by atoms with E-state index in [9.17, 15) is 18.3 Å². The van der Waals surface area contributed by atoms with Crippen molar-refractivity contribution in [1.82, 2.24) is 4.72 Å². The van der Waals surface area contributed by atoms with Gasteiger partial charge in [0.05, 0.1) is 11.2 Å². The molecule has 2 fully saturated rings. The molecule has 2 aliphatic rings. The van der Waals surface area contributed by atoms with Crippen LogP contribution in [0.25, 0.3) is 0 Å². The number of carboxylic acids is 1. The van der Waals surface area contributed by atoms with Crippen LogP contribution in [-0.2, 0) is 14.8 Å². The monoisotopic (exact) mass is 317 g/mol. The number of hydrogen-bond donors (Lipinski definition) is 2. The third-order valence-corrected chi connectivity index (χ3v) is 6.75. The van der Waals surface area contributed by atoms with Crippen LogP contribution in [0.2, 0.25) is 0 Å². The first kappa shape index (κ1) is 16.7. The highest BCUT2D eigenvalue weighted by molar-refractivity contribution is 7.89. The number of rotatable bonds is 5. The second-order valence-corrected chi connectivity index (χ2v) is 8.72. The molecule has 2 atom stereocenters. The van der Waals surface area contributed by atoms with Gasteiger partial charge in [-0.2, -0.15) is 0 Å². The van der Waals surface area contributed by atoms with Crippen molar-refractivity contribution in [1.29, 1.82) is 0 Å². The zero-order valence-corrected chi connectivity index (χ0v) is 13.6. The second kappa shape index (κ2) is 6.65. The van der Waals surface area contributed by atoms with Crippen LogP contribution in [0.4, 0.5) is 0 Å². The van der Waals surface area contributed by atoms with Crippen LogP contribution in [0.3, 0.4) is 0 Å². The van der Waals surface area contributed by atoms with Gasteiger partial charge in [0.15, 0.2) is 0 Å². The summed E-state index contributed by atoms with van der Waals surface area (Å²) in [6.45, 7) is 1.67. The fourth-order valence-electron chi connectivity index (χ4n) is 3.71. The molecule has 0 aromatic carbocycles. The van der Waals surface area contributed by atoms with E-state index in [1.165, 1.54) is 6.42 Å². The van der Waals surface area contributed by atoms with Crippen molar-refractivity contribution in [3.05, 3.63) is 0 Å². The highest BCUT2D eigenvalue weighted by atomic mass is 32.2. The molecular weight excluding hydrogens is 290 g/mol. The molecule has 2 saturated carbocycles. The molecule has 0 aromatic heterocycles. The molecule has 0 radical (unpaired) electrons. The predicted octanol–water partition coefficient (Wildman–Crippen LogP) is 2.52. The first-order chi connectivity index (χ1) is 9.83. The number of carbonyl (C=O) groups is 1. The molecule has 0 aromatic rings. The minimum atomic E-state index is -3.40. The van der Waals surface area contributed by atoms with Gasteiger partial charge in [0.2, 0.25) is 10.0 Å². The fraction of sp³-hybridized carbons (Fsp3) is 0.933. The molecule has 0 aliphatic heterocycles. The summed E-state index contributed by atoms with van der Waals surface area (Å²) in [6, 6.07) is -0.475. The zero-order valence-electron chi connectivity index (χ0n) is 12.8. The third kappa shape index (κ3) is 4.19. The highest BCUT2D eigenvalue weighted by Gasteiger charge is 2.44. The lowest BCUT2D eigenvalue weighted by atomic mass is 9.72. The highest BCUT2D eigenvalue weighted by Crippen LogP contribution is 2.37. The summed E-state index contributed by atoms with van der Waals surface area (Å²) in [5.74, 6) is -0.511. The van der Waals surface area contributed by atoms with E-state index in [1.54, 1.807) is 6.92 Å². The third-order valence-electron chi connectivity index (χ3n) is 5.20. The Balaban J connectivity index is 2.01. The number of hydrogen-bond acceptors (Lipinski definition) is 3. The summed E-state index contributed by atoms with van der Waals surface area (Å²) in [6.07, 6.45) is 8.26. The van der Waals surface area contributed by atoms with Crippen molar-refractivity contribution < 1.29 is 18.3 Å². The van der Waals surface area contributed by atoms with Gasteiger partial charge in [-0.3, -0.25) is 4.79 Å². The van der Waals surface area contributed by atoms with Gasteiger partial charge in [-0.15, -0.1) is 0 Å². The Morgan fingerprint density at radius 2 is 1.76 bits per heavy atom. The van der Waals surface area contributed by atoms with Crippen LogP contribution in [0.15, 0.2) is 0 Å². The van der Waals surface area contributed by atoms with Gasteiger partial charge in [-0.1, -0.05) is 32.1 Å². The van der Waals surface area contributed by atoms with E-state index in [0.717, 1.165) is 38.5 Å². The Hall–Kier alpha value is -0.620. The molecule has 21 heavy (non-hydrogen) atoms. The summed E-state index contributed by atoms with van der Waals surface area (Å²) < 4.78 is 27.5. The molecule has 6 heteroatoms. The van der Waals surface area contributed by atoms with E-state index in [4.69, 9.17) is 0 Å². The lowest BCUT2D eigenvalue weighted by molar-refractivity contribution is -0.151. The first-order valence-corrected chi connectivity index (χ1v) is 9.72. The molecule has 0 bridgehead atoms. The van der Waals surface area contributed by atoms with E-state index in [1.807, 2.05) is 0 Å². The van der Waals surface area contributed by atoms with Crippen LogP contribution >= 0.6 is 0 Å². The van der Waals surface area contributed by atoms with Crippen molar-refractivity contribution >= 4 is 16.0 Å². The van der Waals surface area contributed by atoms with Crippen LogP contribution < -0.4 is 4.72 Å². The number of nitrogens with one attached hydrogen (secondary N) is 1. The van der Waals surface area contributed by atoms with E-state index >= 15 is 0 Å². The molecule has 0 heterocycles. The molecule has 2 aliphatic carbocycles. The quantitative estimate of drug-likeness (QED) is 0.816. The Morgan fingerprint density at radius 3 is 2.38 bits per heavy atom. The van der Waals surface area contributed by atoms with Gasteiger partial charge in [0.1, 0.15) is 0 Å². The normalized spacial score (nSPS) is 32.0. The van der Waals surface area contributed by atoms with Crippen molar-refractivity contribution in [2.24, 2.45) is 11.3 Å². The smallest absolute Gasteiger partial charge is 0.310 e. The average Bonchev–Trinajstić information content (AvgIpc) is 2.41. The second-order valence-electron chi connectivity index (χ2n) is 6.92. The largest absolute Gasteiger partial charge is 0.481 e. The Kier molecular flexibility index (Phi) is 5.30. The maximum absolute atomic E-state index is 12.4. The number of sulfonamides is 1. The fourth-order valence-corrected chi connectivity index (χ4v) is 5.57. The molecule has 5 nitrogen and oxygen atoms in total. The standard InChI is InChI=1S/C15H27NO4S/c1-15(14(17)18)10-6-5-9-13(15)16-21(19,20)11-12-7-3-2-4-8-12/h12-13,16H,2-11H2,1H3,(H,17,18). The van der Waals surface area contributed by atoms with E-state index in [-0.39, 0.29) is 11.7 Å². The summed E-state index contributed by atoms with van der Waals surface area (Å²) in [7, 11) is -3.40. The maximum atomic E-state index is 12.4. The van der Waals surface area contributed by atoms with Crippen molar-refractivity contribution in [3.63, 3.8) is 0 Å². The average molecular weight is 317 g/mol. The molecular formula is C15H27NO4S. The molecule has 2 unspecified atom stereocenters. The van der Waals surface area contributed by atoms with Crippen LogP contribution in [0.5, 0.6) is 0 Å². The lowest BCUT2D eigenvalue weighted by Gasteiger charge is -2.38. The Labute approximate surface area is 127 Å². The first-order valence-electron chi connectivity index (χ1n) is 8.07. The van der Waals surface area contributed by atoms with E-state index in [0.29, 0.717) is 12.8 Å². The van der Waals surface area contributed by atoms with Gasteiger partial charge in [-0.05, 0) is 38.5 Å². The van der Waals surface area contributed by atoms with Gasteiger partial charge in [0.25, 0.3) is 0 Å². The van der Waals surface area contributed by atoms with Crippen LogP contribution in [0, 0.1) is 11.3 Å². The lowest BCUT2D eigenvalue weighted by Crippen LogP contribution is -2.52. The van der Waals surface area contributed by atoms with Gasteiger partial charge in [0, 0.05) is 6.04 Å². The zero-order chi connectivity index (χ0) is 15.5. The number of aliphatic carboxylic acids is 1. The topological polar surface area (TPSA) is 83.5 Å². The van der Waals surface area contributed by atoms with Gasteiger partial charge < -0.3 is 5.11 Å². The maximum Gasteiger partial charge on any atom is 0.310 e. The molecule has 2 rings (SSSR count). The Bertz CT molecular complexity index is 470. The van der Waals surface area contributed by atoms with Crippen LogP contribution in [-0.4, -0.2) is 31.3 Å². The van der Waals surface area contributed by atoms with Gasteiger partial charge >= 0.3 is 5.97 Å². The molecule has 0 amide bonds. The Morgan fingerprint density at radius 1 is 1.14 bits per heavy atom. The van der Waals surface area contributed by atoms with Crippen molar-refractivity contribution in [2.45, 2.75) is 70.8 Å². The summed E-state index contributed by atoms with van der Waals surface area (Å²) in [4.78, 5) is 11.5. The minimum absolute atomic E-state index is 0.152. The SMILES string of the molecule is CC1(C(=O)O)CCCCC1NS(=O)(=O)CC1CCCCC1. The van der Waals surface area contributed by atoms with Crippen molar-refractivity contribution in [2.75, 3.05) is 5.75 Å². The van der Waals surface area contributed by atoms with E-state index < -0.39 is 27.4 Å². The van der Waals surface area contributed by atoms with Crippen LogP contribution in [0.1, 0.15) is 64.7 Å². The predicted molar refractivity (Wildman–Crippen MR) is 81.5 cm³/mol. The summed E-state index contributed by atoms with van der Waals surface area (Å²) >= 11 is 0. The molecule has 122 valence electrons. The van der Waals surface area contributed by atoms with E-state index in [2.05, 4.69) is 4.72 Å².